The molecule has 14 heavy (non-hydrogen) atoms. The van der Waals surface area contributed by atoms with Gasteiger partial charge in [0.2, 0.25) is 0 Å². The van der Waals surface area contributed by atoms with E-state index >= 15 is 0 Å². The van der Waals surface area contributed by atoms with Crippen molar-refractivity contribution in [3.05, 3.63) is 53.6 Å². The number of imidazole rings is 1. The third-order valence-electron chi connectivity index (χ3n) is 2.04. The van der Waals surface area contributed by atoms with E-state index in [2.05, 4.69) is 9.97 Å². The maximum absolute atomic E-state index is 10.4. The fraction of sp³-hybridized carbons (Fsp3) is 0.0909. The molecule has 1 N–H and O–H groups in total. The van der Waals surface area contributed by atoms with E-state index in [0.29, 0.717) is 5.56 Å². The minimum absolute atomic E-state index is 0.702. The molecule has 2 aromatic rings. The number of hydrogen-bond acceptors (Lipinski definition) is 2. The summed E-state index contributed by atoms with van der Waals surface area (Å²) in [5, 5.41) is 0. The van der Waals surface area contributed by atoms with Gasteiger partial charge in [-0.3, -0.25) is 4.79 Å². The van der Waals surface area contributed by atoms with Gasteiger partial charge in [-0.15, -0.1) is 0 Å². The van der Waals surface area contributed by atoms with E-state index in [1.165, 1.54) is 0 Å². The van der Waals surface area contributed by atoms with Gasteiger partial charge in [-0.1, -0.05) is 24.3 Å². The molecule has 1 aromatic carbocycles. The molecule has 1 heterocycles. The molecule has 70 valence electrons. The Bertz CT molecular complexity index is 403. The molecule has 0 aliphatic rings. The fourth-order valence-corrected chi connectivity index (χ4v) is 1.30. The zero-order valence-electron chi connectivity index (χ0n) is 7.60. The van der Waals surface area contributed by atoms with Gasteiger partial charge in [-0.2, -0.15) is 0 Å². The summed E-state index contributed by atoms with van der Waals surface area (Å²) in [6.45, 7) is 0. The van der Waals surface area contributed by atoms with Crippen LogP contribution in [0.2, 0.25) is 0 Å². The van der Waals surface area contributed by atoms with Gasteiger partial charge in [0.05, 0.1) is 0 Å². The Labute approximate surface area is 81.8 Å². The van der Waals surface area contributed by atoms with Crippen LogP contribution in [-0.2, 0) is 6.42 Å². The van der Waals surface area contributed by atoms with Crippen LogP contribution in [0.3, 0.4) is 0 Å². The standard InChI is InChI=1S/C11H10N2O/c14-8-10-3-1-9(2-4-10)7-11-12-5-6-13-11/h1-6,8H,7H2,(H,12,13). The molecule has 0 aliphatic carbocycles. The van der Waals surface area contributed by atoms with Crippen molar-refractivity contribution in [1.82, 2.24) is 9.97 Å². The maximum atomic E-state index is 10.4. The molecule has 3 nitrogen and oxygen atoms in total. The molecule has 1 aromatic heterocycles. The van der Waals surface area contributed by atoms with Crippen molar-refractivity contribution in [2.24, 2.45) is 0 Å². The van der Waals surface area contributed by atoms with Gasteiger partial charge in [0.25, 0.3) is 0 Å². The first-order chi connectivity index (χ1) is 6.88. The lowest BCUT2D eigenvalue weighted by Crippen LogP contribution is -1.90. The highest BCUT2D eigenvalue weighted by Gasteiger charge is 1.97. The van der Waals surface area contributed by atoms with Crippen molar-refractivity contribution in [3.63, 3.8) is 0 Å². The molecule has 2 rings (SSSR count). The molecular formula is C11H10N2O. The van der Waals surface area contributed by atoms with Crippen LogP contribution in [0.25, 0.3) is 0 Å². The van der Waals surface area contributed by atoms with Gasteiger partial charge in [0.15, 0.2) is 0 Å². The van der Waals surface area contributed by atoms with E-state index in [4.69, 9.17) is 0 Å². The lowest BCUT2D eigenvalue weighted by Gasteiger charge is -1.98. The number of hydrogen-bond donors (Lipinski definition) is 1. The summed E-state index contributed by atoms with van der Waals surface area (Å²) in [5.41, 5.74) is 1.85. The van der Waals surface area contributed by atoms with E-state index in [-0.39, 0.29) is 0 Å². The molecule has 0 atom stereocenters. The first kappa shape index (κ1) is 8.69. The maximum Gasteiger partial charge on any atom is 0.150 e. The molecule has 0 unspecified atom stereocenters. The molecule has 3 heteroatoms. The lowest BCUT2D eigenvalue weighted by molar-refractivity contribution is 0.112. The SMILES string of the molecule is O=Cc1ccc(Cc2ncc[nH]2)cc1. The number of aromatic nitrogens is 2. The second kappa shape index (κ2) is 3.87. The normalized spacial score (nSPS) is 10.0. The third-order valence-corrected chi connectivity index (χ3v) is 2.04. The zero-order valence-corrected chi connectivity index (χ0v) is 7.60. The van der Waals surface area contributed by atoms with Crippen LogP contribution in [0.5, 0.6) is 0 Å². The van der Waals surface area contributed by atoms with Crippen LogP contribution in [0, 0.1) is 0 Å². The smallest absolute Gasteiger partial charge is 0.150 e. The summed E-state index contributed by atoms with van der Waals surface area (Å²) in [7, 11) is 0. The molecule has 0 aliphatic heterocycles. The predicted molar refractivity (Wildman–Crippen MR) is 53.2 cm³/mol. The van der Waals surface area contributed by atoms with Crippen molar-refractivity contribution < 1.29 is 4.79 Å². The van der Waals surface area contributed by atoms with E-state index in [1.807, 2.05) is 24.3 Å². The summed E-state index contributed by atoms with van der Waals surface area (Å²) >= 11 is 0. The fourth-order valence-electron chi connectivity index (χ4n) is 1.30. The molecule has 0 saturated heterocycles. The van der Waals surface area contributed by atoms with Gasteiger partial charge in [0, 0.05) is 24.4 Å². The molecule has 0 spiro atoms. The van der Waals surface area contributed by atoms with Crippen molar-refractivity contribution in [2.75, 3.05) is 0 Å². The summed E-state index contributed by atoms with van der Waals surface area (Å²) in [6.07, 6.45) is 5.15. The molecule has 0 amide bonds. The number of H-pyrrole nitrogens is 1. The van der Waals surface area contributed by atoms with E-state index in [0.717, 1.165) is 24.1 Å². The molecular weight excluding hydrogens is 176 g/mol. The number of aldehydes is 1. The highest BCUT2D eigenvalue weighted by atomic mass is 16.1. The van der Waals surface area contributed by atoms with Crippen LogP contribution in [0.4, 0.5) is 0 Å². The van der Waals surface area contributed by atoms with Crippen LogP contribution in [0.15, 0.2) is 36.7 Å². The van der Waals surface area contributed by atoms with Crippen molar-refractivity contribution in [3.8, 4) is 0 Å². The van der Waals surface area contributed by atoms with Gasteiger partial charge >= 0.3 is 0 Å². The first-order valence-electron chi connectivity index (χ1n) is 4.41. The Hall–Kier alpha value is -1.90. The number of rotatable bonds is 3. The van der Waals surface area contributed by atoms with Gasteiger partial charge < -0.3 is 4.98 Å². The third kappa shape index (κ3) is 1.88. The predicted octanol–water partition coefficient (Wildman–Crippen LogP) is 1.81. The average molecular weight is 186 g/mol. The Kier molecular flexibility index (Phi) is 2.40. The van der Waals surface area contributed by atoms with E-state index in [1.54, 1.807) is 12.4 Å². The minimum atomic E-state index is 0.702. The van der Waals surface area contributed by atoms with Crippen LogP contribution in [-0.4, -0.2) is 16.3 Å². The summed E-state index contributed by atoms with van der Waals surface area (Å²) in [6, 6.07) is 7.50. The number of aromatic amines is 1. The van der Waals surface area contributed by atoms with Gasteiger partial charge in [-0.05, 0) is 5.56 Å². The van der Waals surface area contributed by atoms with Crippen LogP contribution in [0.1, 0.15) is 21.7 Å². The Morgan fingerprint density at radius 3 is 2.64 bits per heavy atom. The van der Waals surface area contributed by atoms with Crippen molar-refractivity contribution >= 4 is 6.29 Å². The Morgan fingerprint density at radius 1 is 1.29 bits per heavy atom. The topological polar surface area (TPSA) is 45.8 Å². The van der Waals surface area contributed by atoms with Crippen molar-refractivity contribution in [2.45, 2.75) is 6.42 Å². The Balaban J connectivity index is 2.14. The van der Waals surface area contributed by atoms with E-state index in [9.17, 15) is 4.79 Å². The Morgan fingerprint density at radius 2 is 2.07 bits per heavy atom. The second-order valence-corrected chi connectivity index (χ2v) is 3.07. The summed E-state index contributed by atoms with van der Waals surface area (Å²) in [4.78, 5) is 17.6. The van der Waals surface area contributed by atoms with Crippen LogP contribution < -0.4 is 0 Å². The highest BCUT2D eigenvalue weighted by molar-refractivity contribution is 5.74. The summed E-state index contributed by atoms with van der Waals surface area (Å²) < 4.78 is 0. The zero-order chi connectivity index (χ0) is 9.80. The first-order valence-corrected chi connectivity index (χ1v) is 4.41. The molecule has 0 radical (unpaired) electrons. The monoisotopic (exact) mass is 186 g/mol. The number of benzene rings is 1. The van der Waals surface area contributed by atoms with E-state index < -0.39 is 0 Å². The number of carbonyl (C=O) groups excluding carboxylic acids is 1. The highest BCUT2D eigenvalue weighted by Crippen LogP contribution is 2.06. The number of carbonyl (C=O) groups is 1. The molecule has 0 bridgehead atoms. The van der Waals surface area contributed by atoms with Gasteiger partial charge in [-0.25, -0.2) is 4.98 Å². The van der Waals surface area contributed by atoms with Crippen molar-refractivity contribution in [1.29, 1.82) is 0 Å². The lowest BCUT2D eigenvalue weighted by atomic mass is 10.1. The quantitative estimate of drug-likeness (QED) is 0.743. The number of nitrogens with zero attached hydrogens (tertiary/aromatic N) is 1. The summed E-state index contributed by atoms with van der Waals surface area (Å²) in [5.74, 6) is 0.934. The molecule has 0 saturated carbocycles. The molecule has 0 fully saturated rings. The average Bonchev–Trinajstić information content (AvgIpc) is 2.72. The second-order valence-electron chi connectivity index (χ2n) is 3.07. The largest absolute Gasteiger partial charge is 0.348 e. The van der Waals surface area contributed by atoms with Gasteiger partial charge in [0.1, 0.15) is 12.1 Å². The minimum Gasteiger partial charge on any atom is -0.348 e. The number of nitrogens with one attached hydrogen (secondary N) is 1. The van der Waals surface area contributed by atoms with Crippen LogP contribution >= 0.6 is 0 Å².